The van der Waals surface area contributed by atoms with Gasteiger partial charge in [-0.3, -0.25) is 13.9 Å². The molecule has 0 saturated heterocycles. The molecule has 5 aromatic rings. The van der Waals surface area contributed by atoms with Crippen LogP contribution in [-0.2, 0) is 14.1 Å². The number of nitriles is 1. The third kappa shape index (κ3) is 3.19. The summed E-state index contributed by atoms with van der Waals surface area (Å²) in [5, 5.41) is 9.78. The second-order valence-corrected chi connectivity index (χ2v) is 9.52. The van der Waals surface area contributed by atoms with Crippen LogP contribution in [0.1, 0.15) is 34.1 Å². The lowest BCUT2D eigenvalue weighted by Crippen LogP contribution is -2.37. The average molecular weight is 489 g/mol. The van der Waals surface area contributed by atoms with E-state index in [0.29, 0.717) is 27.9 Å². The van der Waals surface area contributed by atoms with E-state index >= 15 is 0 Å². The predicted octanol–water partition coefficient (Wildman–Crippen LogP) is 4.67. The van der Waals surface area contributed by atoms with Crippen molar-refractivity contribution in [1.82, 2.24) is 13.7 Å². The minimum atomic E-state index is -0.610. The van der Waals surface area contributed by atoms with Gasteiger partial charge in [-0.25, -0.2) is 4.79 Å². The fourth-order valence-corrected chi connectivity index (χ4v) is 5.32. The number of hydrogen-bond acceptors (Lipinski definition) is 4. The Morgan fingerprint density at radius 3 is 2.35 bits per heavy atom. The fraction of sp³-hybridized carbons (Fsp3) is 0.167. The van der Waals surface area contributed by atoms with Crippen LogP contribution in [0.5, 0.6) is 5.75 Å². The van der Waals surface area contributed by atoms with E-state index in [1.807, 2.05) is 68.4 Å². The first kappa shape index (κ1) is 22.6. The molecule has 0 unspecified atom stereocenters. The monoisotopic (exact) mass is 488 g/mol. The van der Waals surface area contributed by atoms with E-state index in [0.717, 1.165) is 38.2 Å². The normalized spacial score (nSPS) is 14.1. The standard InChI is InChI=1S/C30H24N4O3/c1-17-9-14-23-22(15-17)34-25(21-8-6-5-7-18(21)2)24-26(32(3)30(36)33(4)29(24)35)27(34)28(37-23)20-12-10-19(16-31)11-13-20/h5-15,28H,1-4H3/t28-/m0/s1. The molecule has 7 heteroatoms. The van der Waals surface area contributed by atoms with Gasteiger partial charge >= 0.3 is 5.69 Å². The van der Waals surface area contributed by atoms with Crippen molar-refractivity contribution in [3.05, 3.63) is 116 Å². The molecule has 7 nitrogen and oxygen atoms in total. The SMILES string of the molecule is Cc1ccc2c(c1)-n1c(-c3ccccc3C)c3c(=O)n(C)c(=O)n(C)c3c1[C@H](c1ccc(C#N)cc1)O2. The number of aromatic nitrogens is 3. The van der Waals surface area contributed by atoms with Crippen molar-refractivity contribution in [3.8, 4) is 28.8 Å². The van der Waals surface area contributed by atoms with E-state index in [1.54, 1.807) is 19.2 Å². The summed E-state index contributed by atoms with van der Waals surface area (Å²) in [6.45, 7) is 4.03. The third-order valence-corrected chi connectivity index (χ3v) is 7.20. The summed E-state index contributed by atoms with van der Waals surface area (Å²) in [5.74, 6) is 0.671. The summed E-state index contributed by atoms with van der Waals surface area (Å²) in [5.41, 5.74) is 6.33. The van der Waals surface area contributed by atoms with Gasteiger partial charge in [0, 0.05) is 19.7 Å². The topological polar surface area (TPSA) is 82.0 Å². The molecule has 0 N–H and O–H groups in total. The van der Waals surface area contributed by atoms with Gasteiger partial charge in [0.2, 0.25) is 0 Å². The summed E-state index contributed by atoms with van der Waals surface area (Å²) in [6.07, 6.45) is -0.610. The smallest absolute Gasteiger partial charge is 0.331 e. The maximum atomic E-state index is 13.8. The van der Waals surface area contributed by atoms with Gasteiger partial charge in [0.1, 0.15) is 5.75 Å². The Kier molecular flexibility index (Phi) is 4.95. The molecule has 0 bridgehead atoms. The largest absolute Gasteiger partial charge is 0.477 e. The van der Waals surface area contributed by atoms with Crippen LogP contribution in [0, 0.1) is 25.2 Å². The van der Waals surface area contributed by atoms with Gasteiger partial charge in [-0.1, -0.05) is 42.5 Å². The molecule has 0 amide bonds. The number of ether oxygens (including phenoxy) is 1. The van der Waals surface area contributed by atoms with Crippen LogP contribution < -0.4 is 16.0 Å². The molecule has 37 heavy (non-hydrogen) atoms. The quantitative estimate of drug-likeness (QED) is 0.362. The Bertz CT molecular complexity index is 1900. The van der Waals surface area contributed by atoms with Crippen LogP contribution in [0.4, 0.5) is 0 Å². The van der Waals surface area contributed by atoms with E-state index in [2.05, 4.69) is 10.6 Å². The van der Waals surface area contributed by atoms with E-state index in [-0.39, 0.29) is 5.56 Å². The second kappa shape index (κ2) is 8.10. The van der Waals surface area contributed by atoms with Gasteiger partial charge in [-0.05, 0) is 54.8 Å². The Morgan fingerprint density at radius 2 is 1.65 bits per heavy atom. The van der Waals surface area contributed by atoms with Gasteiger partial charge in [0.05, 0.1) is 39.6 Å². The number of nitrogens with zero attached hydrogens (tertiary/aromatic N) is 4. The highest BCUT2D eigenvalue weighted by atomic mass is 16.5. The van der Waals surface area contributed by atoms with Gasteiger partial charge < -0.3 is 9.30 Å². The lowest BCUT2D eigenvalue weighted by atomic mass is 10.0. The van der Waals surface area contributed by atoms with Crippen molar-refractivity contribution in [3.63, 3.8) is 0 Å². The molecule has 6 rings (SSSR count). The lowest BCUT2D eigenvalue weighted by Gasteiger charge is -2.30. The van der Waals surface area contributed by atoms with Crippen molar-refractivity contribution in [2.45, 2.75) is 20.0 Å². The number of hydrogen-bond donors (Lipinski definition) is 0. The highest BCUT2D eigenvalue weighted by molar-refractivity contribution is 5.99. The van der Waals surface area contributed by atoms with Gasteiger partial charge in [0.25, 0.3) is 5.56 Å². The highest BCUT2D eigenvalue weighted by Gasteiger charge is 2.36. The zero-order chi connectivity index (χ0) is 26.0. The first-order valence-corrected chi connectivity index (χ1v) is 12.0. The molecular weight excluding hydrogens is 464 g/mol. The van der Waals surface area contributed by atoms with Crippen LogP contribution >= 0.6 is 0 Å². The fourth-order valence-electron chi connectivity index (χ4n) is 5.32. The van der Waals surface area contributed by atoms with E-state index in [4.69, 9.17) is 4.74 Å². The molecule has 1 atom stereocenters. The zero-order valence-electron chi connectivity index (χ0n) is 20.9. The first-order valence-electron chi connectivity index (χ1n) is 12.0. The van der Waals surface area contributed by atoms with E-state index in [9.17, 15) is 14.9 Å². The molecule has 0 fully saturated rings. The molecule has 2 aromatic heterocycles. The second-order valence-electron chi connectivity index (χ2n) is 9.52. The summed E-state index contributed by atoms with van der Waals surface area (Å²) in [6, 6.07) is 23.3. The van der Waals surface area contributed by atoms with Crippen molar-refractivity contribution in [2.75, 3.05) is 0 Å². The van der Waals surface area contributed by atoms with Crippen LogP contribution in [0.3, 0.4) is 0 Å². The van der Waals surface area contributed by atoms with E-state index < -0.39 is 11.8 Å². The number of rotatable bonds is 2. The van der Waals surface area contributed by atoms with Gasteiger partial charge in [-0.15, -0.1) is 0 Å². The summed E-state index contributed by atoms with van der Waals surface area (Å²) in [7, 11) is 3.20. The van der Waals surface area contributed by atoms with Crippen LogP contribution in [0.2, 0.25) is 0 Å². The summed E-state index contributed by atoms with van der Waals surface area (Å²) >= 11 is 0. The van der Waals surface area contributed by atoms with Crippen LogP contribution in [0.25, 0.3) is 27.8 Å². The highest BCUT2D eigenvalue weighted by Crippen LogP contribution is 2.47. The Labute approximate surface area is 213 Å². The van der Waals surface area contributed by atoms with Crippen molar-refractivity contribution < 1.29 is 4.74 Å². The molecule has 0 saturated carbocycles. The first-order chi connectivity index (χ1) is 17.8. The molecule has 182 valence electrons. The van der Waals surface area contributed by atoms with Crippen LogP contribution in [-0.4, -0.2) is 13.7 Å². The molecule has 0 spiro atoms. The molecular formula is C30H24N4O3. The Balaban J connectivity index is 1.86. The lowest BCUT2D eigenvalue weighted by molar-refractivity contribution is 0.229. The minimum absolute atomic E-state index is 0.356. The summed E-state index contributed by atoms with van der Waals surface area (Å²) in [4.78, 5) is 27.0. The van der Waals surface area contributed by atoms with Gasteiger partial charge in [-0.2, -0.15) is 5.26 Å². The molecule has 3 aromatic carbocycles. The molecule has 3 heterocycles. The van der Waals surface area contributed by atoms with Crippen LogP contribution in [0.15, 0.2) is 76.3 Å². The molecule has 1 aliphatic heterocycles. The minimum Gasteiger partial charge on any atom is -0.477 e. The summed E-state index contributed by atoms with van der Waals surface area (Å²) < 4.78 is 11.4. The van der Waals surface area contributed by atoms with Crippen molar-refractivity contribution >= 4 is 10.9 Å². The Morgan fingerprint density at radius 1 is 0.919 bits per heavy atom. The number of aryl methyl sites for hydroxylation is 3. The molecule has 1 aliphatic rings. The van der Waals surface area contributed by atoms with E-state index in [1.165, 1.54) is 11.6 Å². The Hall–Kier alpha value is -4.83. The predicted molar refractivity (Wildman–Crippen MR) is 142 cm³/mol. The number of fused-ring (bicyclic) bond motifs is 5. The molecule has 0 radical (unpaired) electrons. The third-order valence-electron chi connectivity index (χ3n) is 7.20. The van der Waals surface area contributed by atoms with Gasteiger partial charge in [0.15, 0.2) is 6.10 Å². The van der Waals surface area contributed by atoms with Crippen molar-refractivity contribution in [2.24, 2.45) is 14.1 Å². The zero-order valence-corrected chi connectivity index (χ0v) is 20.9. The maximum Gasteiger partial charge on any atom is 0.331 e. The van der Waals surface area contributed by atoms with Crippen molar-refractivity contribution in [1.29, 1.82) is 5.26 Å². The maximum absolute atomic E-state index is 13.8. The number of benzene rings is 3. The molecule has 0 aliphatic carbocycles. The average Bonchev–Trinajstić information content (AvgIpc) is 3.27.